The third kappa shape index (κ3) is 5.05. The average molecular weight is 499 g/mol. The Balaban J connectivity index is 1.40. The van der Waals surface area contributed by atoms with Crippen molar-refractivity contribution < 1.29 is 14.3 Å². The predicted molar refractivity (Wildman–Crippen MR) is 139 cm³/mol. The maximum atomic E-state index is 13.5. The summed E-state index contributed by atoms with van der Waals surface area (Å²) in [4.78, 5) is 39.9. The monoisotopic (exact) mass is 498 g/mol. The van der Waals surface area contributed by atoms with Gasteiger partial charge in [0.15, 0.2) is 0 Å². The van der Waals surface area contributed by atoms with Crippen LogP contribution in [0.3, 0.4) is 0 Å². The molecule has 0 spiro atoms. The molecule has 6 bridgehead atoms. The fraction of sp³-hybridized carbons (Fsp3) is 0.357. The molecule has 0 saturated carbocycles. The Kier molecular flexibility index (Phi) is 6.55. The summed E-state index contributed by atoms with van der Waals surface area (Å²) >= 11 is 0. The van der Waals surface area contributed by atoms with Gasteiger partial charge in [-0.3, -0.25) is 14.5 Å². The van der Waals surface area contributed by atoms with Crippen LogP contribution in [0.15, 0.2) is 54.7 Å². The van der Waals surface area contributed by atoms with Crippen molar-refractivity contribution in [2.75, 3.05) is 38.2 Å². The van der Waals surface area contributed by atoms with E-state index in [9.17, 15) is 9.59 Å². The second-order valence-corrected chi connectivity index (χ2v) is 9.71. The predicted octanol–water partition coefficient (Wildman–Crippen LogP) is 2.95. The van der Waals surface area contributed by atoms with Gasteiger partial charge >= 0.3 is 0 Å². The first-order chi connectivity index (χ1) is 18.1. The number of carbonyl (C=O) groups excluding carboxylic acids is 2. The van der Waals surface area contributed by atoms with Crippen molar-refractivity contribution in [2.24, 2.45) is 0 Å². The van der Waals surface area contributed by atoms with Gasteiger partial charge in [0.1, 0.15) is 0 Å². The fourth-order valence-electron chi connectivity index (χ4n) is 5.34. The zero-order valence-corrected chi connectivity index (χ0v) is 20.7. The highest BCUT2D eigenvalue weighted by molar-refractivity contribution is 5.96. The molecule has 9 nitrogen and oxygen atoms in total. The number of carbonyl (C=O) groups is 2. The lowest BCUT2D eigenvalue weighted by Gasteiger charge is -2.29. The van der Waals surface area contributed by atoms with Crippen LogP contribution in [0.1, 0.15) is 34.3 Å². The van der Waals surface area contributed by atoms with E-state index in [0.717, 1.165) is 47.5 Å². The van der Waals surface area contributed by atoms with Gasteiger partial charge in [-0.25, -0.2) is 9.97 Å². The zero-order valence-electron chi connectivity index (χ0n) is 20.7. The molecular formula is C28H30N6O3. The SMILES string of the molecule is O=C1NCc2cccc(c2)-c2ccnc(n2)Nc2ccc(C(=O)N3CCOCC3)c(c2)CN2CCC[C@@H]12. The largest absolute Gasteiger partial charge is 0.378 e. The van der Waals surface area contributed by atoms with Crippen LogP contribution < -0.4 is 10.6 Å². The molecule has 4 heterocycles. The number of anilines is 2. The number of hydrogen-bond acceptors (Lipinski definition) is 7. The summed E-state index contributed by atoms with van der Waals surface area (Å²) in [5.41, 5.74) is 5.10. The quantitative estimate of drug-likeness (QED) is 0.532. The van der Waals surface area contributed by atoms with E-state index in [-0.39, 0.29) is 17.9 Å². The Hall–Kier alpha value is -3.82. The van der Waals surface area contributed by atoms with Gasteiger partial charge in [0.25, 0.3) is 5.91 Å². The van der Waals surface area contributed by atoms with E-state index in [1.807, 2.05) is 47.4 Å². The van der Waals surface area contributed by atoms with Gasteiger partial charge in [0.05, 0.1) is 24.9 Å². The normalized spacial score (nSPS) is 20.1. The molecule has 3 aliphatic rings. The molecule has 3 aliphatic heterocycles. The van der Waals surface area contributed by atoms with Crippen LogP contribution >= 0.6 is 0 Å². The van der Waals surface area contributed by atoms with Crippen molar-refractivity contribution in [3.05, 3.63) is 71.4 Å². The smallest absolute Gasteiger partial charge is 0.254 e. The molecule has 0 aliphatic carbocycles. The van der Waals surface area contributed by atoms with E-state index in [2.05, 4.69) is 26.6 Å². The third-order valence-electron chi connectivity index (χ3n) is 7.27. The molecule has 2 amide bonds. The zero-order chi connectivity index (χ0) is 25.2. The van der Waals surface area contributed by atoms with Crippen molar-refractivity contribution in [3.63, 3.8) is 0 Å². The number of fused-ring (bicyclic) bond motifs is 8. The highest BCUT2D eigenvalue weighted by Gasteiger charge is 2.32. The molecule has 190 valence electrons. The Morgan fingerprint density at radius 3 is 2.84 bits per heavy atom. The molecule has 2 N–H and O–H groups in total. The number of rotatable bonds is 1. The van der Waals surface area contributed by atoms with E-state index < -0.39 is 0 Å². The van der Waals surface area contributed by atoms with Crippen LogP contribution in [0.25, 0.3) is 11.3 Å². The lowest BCUT2D eigenvalue weighted by atomic mass is 10.0. The molecule has 37 heavy (non-hydrogen) atoms. The van der Waals surface area contributed by atoms with Crippen LogP contribution in [0.2, 0.25) is 0 Å². The molecule has 0 unspecified atom stereocenters. The number of morpholine rings is 1. The summed E-state index contributed by atoms with van der Waals surface area (Å²) in [6, 6.07) is 15.4. The van der Waals surface area contributed by atoms with Crippen LogP contribution in [0.5, 0.6) is 0 Å². The van der Waals surface area contributed by atoms with Crippen molar-refractivity contribution in [3.8, 4) is 11.3 Å². The maximum Gasteiger partial charge on any atom is 0.254 e. The summed E-state index contributed by atoms with van der Waals surface area (Å²) < 4.78 is 5.44. The van der Waals surface area contributed by atoms with Gasteiger partial charge in [0, 0.05) is 49.2 Å². The van der Waals surface area contributed by atoms with Crippen molar-refractivity contribution >= 4 is 23.5 Å². The number of nitrogens with zero attached hydrogens (tertiary/aromatic N) is 4. The van der Waals surface area contributed by atoms with Gasteiger partial charge in [-0.15, -0.1) is 0 Å². The van der Waals surface area contributed by atoms with Crippen LogP contribution in [0.4, 0.5) is 11.6 Å². The number of hydrogen-bond donors (Lipinski definition) is 2. The third-order valence-corrected chi connectivity index (χ3v) is 7.27. The molecule has 2 aromatic carbocycles. The lowest BCUT2D eigenvalue weighted by Crippen LogP contribution is -2.43. The number of benzene rings is 2. The molecule has 3 aromatic rings. The summed E-state index contributed by atoms with van der Waals surface area (Å²) in [6.07, 6.45) is 3.47. The highest BCUT2D eigenvalue weighted by atomic mass is 16.5. The molecular weight excluding hydrogens is 468 g/mol. The number of ether oxygens (including phenoxy) is 1. The molecule has 2 fully saturated rings. The Bertz CT molecular complexity index is 1320. The molecule has 6 rings (SSSR count). The van der Waals surface area contributed by atoms with Gasteiger partial charge in [-0.1, -0.05) is 18.2 Å². The minimum absolute atomic E-state index is 0.00353. The minimum atomic E-state index is -0.227. The van der Waals surface area contributed by atoms with Gasteiger partial charge in [-0.2, -0.15) is 0 Å². The lowest BCUT2D eigenvalue weighted by molar-refractivity contribution is -0.125. The van der Waals surface area contributed by atoms with Crippen molar-refractivity contribution in [1.29, 1.82) is 0 Å². The molecule has 1 atom stereocenters. The highest BCUT2D eigenvalue weighted by Crippen LogP contribution is 2.27. The van der Waals surface area contributed by atoms with E-state index in [4.69, 9.17) is 9.72 Å². The van der Waals surface area contributed by atoms with Gasteiger partial charge in [-0.05, 0) is 60.8 Å². The van der Waals surface area contributed by atoms with Crippen molar-refractivity contribution in [1.82, 2.24) is 25.1 Å². The first kappa shape index (κ1) is 23.6. The van der Waals surface area contributed by atoms with Crippen LogP contribution in [0, 0.1) is 0 Å². The van der Waals surface area contributed by atoms with Crippen LogP contribution in [-0.2, 0) is 22.6 Å². The summed E-state index contributed by atoms with van der Waals surface area (Å²) in [5, 5.41) is 6.46. The molecule has 2 saturated heterocycles. The standard InChI is InChI=1S/C28H30N6O3/c35-26-25-5-2-10-34(25)18-21-16-22(6-7-23(21)27(36)33-11-13-37-14-12-33)31-28-29-9-8-24(32-28)20-4-1-3-19(15-20)17-30-26/h1,3-4,6-9,15-16,25H,2,5,10-14,17-18H2,(H,30,35)(H,29,31,32)/t25-/m0/s1. The summed E-state index contributed by atoms with van der Waals surface area (Å²) in [6.45, 7) is 4.01. The minimum Gasteiger partial charge on any atom is -0.378 e. The summed E-state index contributed by atoms with van der Waals surface area (Å²) in [5.74, 6) is 0.506. The first-order valence-corrected chi connectivity index (χ1v) is 12.9. The van der Waals surface area contributed by atoms with E-state index >= 15 is 0 Å². The molecule has 1 aromatic heterocycles. The average Bonchev–Trinajstić information content (AvgIpc) is 3.40. The number of nitrogens with one attached hydrogen (secondary N) is 2. The van der Waals surface area contributed by atoms with E-state index in [1.165, 1.54) is 0 Å². The summed E-state index contributed by atoms with van der Waals surface area (Å²) in [7, 11) is 0. The molecule has 9 heteroatoms. The Labute approximate surface area is 215 Å². The molecule has 0 radical (unpaired) electrons. The topological polar surface area (TPSA) is 99.7 Å². The maximum absolute atomic E-state index is 13.5. The van der Waals surface area contributed by atoms with Crippen molar-refractivity contribution in [2.45, 2.75) is 32.0 Å². The second kappa shape index (κ2) is 10.3. The fourth-order valence-corrected chi connectivity index (χ4v) is 5.34. The van der Waals surface area contributed by atoms with E-state index in [1.54, 1.807) is 6.20 Å². The van der Waals surface area contributed by atoms with Gasteiger partial charge < -0.3 is 20.3 Å². The number of aromatic nitrogens is 2. The van der Waals surface area contributed by atoms with Gasteiger partial charge in [0.2, 0.25) is 11.9 Å². The second-order valence-electron chi connectivity index (χ2n) is 9.71. The first-order valence-electron chi connectivity index (χ1n) is 12.9. The Morgan fingerprint density at radius 2 is 1.95 bits per heavy atom. The van der Waals surface area contributed by atoms with Crippen LogP contribution in [-0.4, -0.2) is 70.5 Å². The van der Waals surface area contributed by atoms with E-state index in [0.29, 0.717) is 50.9 Å². The number of amides is 2. The Morgan fingerprint density at radius 1 is 1.05 bits per heavy atom.